The van der Waals surface area contributed by atoms with Crippen molar-refractivity contribution >= 4 is 23.4 Å². The Hall–Kier alpha value is -0.190. The molecule has 1 fully saturated rings. The summed E-state index contributed by atoms with van der Waals surface area (Å²) in [6.45, 7) is 2.05. The minimum Gasteiger partial charge on any atom is -0.292 e. The van der Waals surface area contributed by atoms with Gasteiger partial charge < -0.3 is 0 Å². The lowest BCUT2D eigenvalue weighted by molar-refractivity contribution is 0.223. The molecule has 2 heterocycles. The van der Waals surface area contributed by atoms with Gasteiger partial charge in [0, 0.05) is 49.8 Å². The van der Waals surface area contributed by atoms with Gasteiger partial charge in [-0.2, -0.15) is 16.9 Å². The molecule has 0 bridgehead atoms. The van der Waals surface area contributed by atoms with E-state index < -0.39 is 0 Å². The van der Waals surface area contributed by atoms with E-state index in [1.54, 1.807) is 0 Å². The molecule has 1 aromatic rings. The lowest BCUT2D eigenvalue weighted by atomic mass is 10.3. The third kappa shape index (κ3) is 2.89. The molecule has 1 atom stereocenters. The van der Waals surface area contributed by atoms with E-state index in [2.05, 4.69) is 16.1 Å². The molecule has 5 heteroatoms. The standard InChI is InChI=1S/C10H16ClN3S/c1-13-3-2-9(12-13)7-14-4-5-15-8-10(14)6-11/h2-3,10H,4-8H2,1H3. The SMILES string of the molecule is Cn1ccc(CN2CCSCC2CCl)n1. The normalized spacial score (nSPS) is 23.2. The van der Waals surface area contributed by atoms with Crippen LogP contribution in [0, 0.1) is 0 Å². The van der Waals surface area contributed by atoms with Gasteiger partial charge in [-0.3, -0.25) is 9.58 Å². The Morgan fingerprint density at radius 1 is 1.67 bits per heavy atom. The van der Waals surface area contributed by atoms with Crippen LogP contribution in [0.5, 0.6) is 0 Å². The van der Waals surface area contributed by atoms with Crippen molar-refractivity contribution in [3.05, 3.63) is 18.0 Å². The average molecular weight is 246 g/mol. The van der Waals surface area contributed by atoms with Crippen LogP contribution in [0.2, 0.25) is 0 Å². The van der Waals surface area contributed by atoms with Crippen molar-refractivity contribution < 1.29 is 0 Å². The van der Waals surface area contributed by atoms with Gasteiger partial charge in [0.25, 0.3) is 0 Å². The number of aryl methyl sites for hydroxylation is 1. The maximum absolute atomic E-state index is 5.97. The van der Waals surface area contributed by atoms with Crippen LogP contribution in [0.4, 0.5) is 0 Å². The lowest BCUT2D eigenvalue weighted by Crippen LogP contribution is -2.42. The first-order valence-corrected chi connectivity index (χ1v) is 6.85. The summed E-state index contributed by atoms with van der Waals surface area (Å²) in [5, 5.41) is 4.40. The molecule has 0 saturated carbocycles. The fourth-order valence-electron chi connectivity index (χ4n) is 1.80. The van der Waals surface area contributed by atoms with Gasteiger partial charge >= 0.3 is 0 Å². The second kappa shape index (κ2) is 5.23. The molecule has 84 valence electrons. The minimum absolute atomic E-state index is 0.507. The van der Waals surface area contributed by atoms with Crippen molar-refractivity contribution in [2.75, 3.05) is 23.9 Å². The molecule has 1 unspecified atom stereocenters. The Morgan fingerprint density at radius 3 is 3.20 bits per heavy atom. The van der Waals surface area contributed by atoms with Gasteiger partial charge in [0.05, 0.1) is 5.69 Å². The molecule has 1 aromatic heterocycles. The molecule has 15 heavy (non-hydrogen) atoms. The fraction of sp³-hybridized carbons (Fsp3) is 0.700. The van der Waals surface area contributed by atoms with Gasteiger partial charge in [0.2, 0.25) is 0 Å². The summed E-state index contributed by atoms with van der Waals surface area (Å²) >= 11 is 7.96. The van der Waals surface area contributed by atoms with Gasteiger partial charge in [-0.05, 0) is 6.07 Å². The molecule has 0 aliphatic carbocycles. The fourth-order valence-corrected chi connectivity index (χ4v) is 3.36. The first kappa shape index (κ1) is 11.3. The van der Waals surface area contributed by atoms with Crippen molar-refractivity contribution in [1.82, 2.24) is 14.7 Å². The predicted octanol–water partition coefficient (Wildman–Crippen LogP) is 1.58. The van der Waals surface area contributed by atoms with Crippen LogP contribution in [0.15, 0.2) is 12.3 Å². The van der Waals surface area contributed by atoms with Crippen LogP contribution >= 0.6 is 23.4 Å². The summed E-state index contributed by atoms with van der Waals surface area (Å²) in [7, 11) is 1.95. The van der Waals surface area contributed by atoms with Crippen LogP contribution < -0.4 is 0 Å². The van der Waals surface area contributed by atoms with E-state index >= 15 is 0 Å². The second-order valence-corrected chi connectivity index (χ2v) is 5.29. The summed E-state index contributed by atoms with van der Waals surface area (Å²) in [4.78, 5) is 2.44. The molecule has 1 aliphatic rings. The minimum atomic E-state index is 0.507. The Morgan fingerprint density at radius 2 is 2.53 bits per heavy atom. The van der Waals surface area contributed by atoms with Crippen molar-refractivity contribution in [2.24, 2.45) is 7.05 Å². The summed E-state index contributed by atoms with van der Waals surface area (Å²) in [6, 6.07) is 2.58. The smallest absolute Gasteiger partial charge is 0.0764 e. The third-order valence-electron chi connectivity index (χ3n) is 2.66. The number of nitrogens with zero attached hydrogens (tertiary/aromatic N) is 3. The zero-order valence-electron chi connectivity index (χ0n) is 8.90. The Bertz CT molecular complexity index is 315. The molecule has 1 aliphatic heterocycles. The lowest BCUT2D eigenvalue weighted by Gasteiger charge is -2.33. The highest BCUT2D eigenvalue weighted by Gasteiger charge is 2.22. The van der Waals surface area contributed by atoms with Crippen molar-refractivity contribution in [1.29, 1.82) is 0 Å². The molecular weight excluding hydrogens is 230 g/mol. The molecule has 1 saturated heterocycles. The quantitative estimate of drug-likeness (QED) is 0.755. The number of rotatable bonds is 3. The number of hydrogen-bond acceptors (Lipinski definition) is 3. The highest BCUT2D eigenvalue weighted by Crippen LogP contribution is 2.19. The van der Waals surface area contributed by atoms with Gasteiger partial charge in [0.1, 0.15) is 0 Å². The number of hydrogen-bond donors (Lipinski definition) is 0. The Kier molecular flexibility index (Phi) is 3.94. The maximum Gasteiger partial charge on any atom is 0.0764 e. The van der Waals surface area contributed by atoms with E-state index in [9.17, 15) is 0 Å². The molecule has 0 amide bonds. The van der Waals surface area contributed by atoms with Gasteiger partial charge in [-0.25, -0.2) is 0 Å². The van der Waals surface area contributed by atoms with E-state index in [0.717, 1.165) is 30.4 Å². The predicted molar refractivity (Wildman–Crippen MR) is 65.5 cm³/mol. The summed E-state index contributed by atoms with van der Waals surface area (Å²) in [5.41, 5.74) is 1.14. The topological polar surface area (TPSA) is 21.1 Å². The van der Waals surface area contributed by atoms with Gasteiger partial charge in [0.15, 0.2) is 0 Å². The molecule has 0 spiro atoms. The number of thioether (sulfide) groups is 1. The maximum atomic E-state index is 5.97. The number of alkyl halides is 1. The summed E-state index contributed by atoms with van der Waals surface area (Å²) < 4.78 is 1.85. The zero-order chi connectivity index (χ0) is 10.7. The van der Waals surface area contributed by atoms with Crippen LogP contribution in [-0.2, 0) is 13.6 Å². The van der Waals surface area contributed by atoms with E-state index in [-0.39, 0.29) is 0 Å². The van der Waals surface area contributed by atoms with E-state index in [4.69, 9.17) is 11.6 Å². The van der Waals surface area contributed by atoms with E-state index in [1.165, 1.54) is 5.75 Å². The van der Waals surface area contributed by atoms with Gasteiger partial charge in [-0.15, -0.1) is 11.6 Å². The van der Waals surface area contributed by atoms with Crippen LogP contribution in [0.25, 0.3) is 0 Å². The molecular formula is C10H16ClN3S. The van der Waals surface area contributed by atoms with Crippen LogP contribution in [0.1, 0.15) is 5.69 Å². The average Bonchev–Trinajstić information content (AvgIpc) is 2.65. The van der Waals surface area contributed by atoms with Crippen molar-refractivity contribution in [3.8, 4) is 0 Å². The van der Waals surface area contributed by atoms with E-state index in [1.807, 2.05) is 29.7 Å². The van der Waals surface area contributed by atoms with Gasteiger partial charge in [-0.1, -0.05) is 0 Å². The highest BCUT2D eigenvalue weighted by molar-refractivity contribution is 7.99. The van der Waals surface area contributed by atoms with Crippen LogP contribution in [0.3, 0.4) is 0 Å². The molecule has 0 aromatic carbocycles. The Labute approximate surface area is 99.8 Å². The molecule has 0 radical (unpaired) electrons. The Balaban J connectivity index is 1.97. The first-order chi connectivity index (χ1) is 7.29. The third-order valence-corrected chi connectivity index (χ3v) is 4.11. The molecule has 3 nitrogen and oxygen atoms in total. The van der Waals surface area contributed by atoms with Crippen molar-refractivity contribution in [3.63, 3.8) is 0 Å². The molecule has 0 N–H and O–H groups in total. The number of halogens is 1. The van der Waals surface area contributed by atoms with Crippen molar-refractivity contribution in [2.45, 2.75) is 12.6 Å². The zero-order valence-corrected chi connectivity index (χ0v) is 10.5. The summed E-state index contributed by atoms with van der Waals surface area (Å²) in [6.07, 6.45) is 1.99. The first-order valence-electron chi connectivity index (χ1n) is 5.16. The summed E-state index contributed by atoms with van der Waals surface area (Å²) in [5.74, 6) is 3.08. The highest BCUT2D eigenvalue weighted by atomic mass is 35.5. The van der Waals surface area contributed by atoms with Crippen LogP contribution in [-0.4, -0.2) is 44.7 Å². The second-order valence-electron chi connectivity index (χ2n) is 3.83. The molecule has 2 rings (SSSR count). The largest absolute Gasteiger partial charge is 0.292 e. The number of aromatic nitrogens is 2. The monoisotopic (exact) mass is 245 g/mol. The van der Waals surface area contributed by atoms with E-state index in [0.29, 0.717) is 6.04 Å².